The molecule has 3 rings (SSSR count). The van der Waals surface area contributed by atoms with Gasteiger partial charge in [-0.25, -0.2) is 4.39 Å². The number of allylic oxidation sites excluding steroid dienone is 1. The number of halogens is 1. The summed E-state index contributed by atoms with van der Waals surface area (Å²) in [6.07, 6.45) is 5.25. The molecule has 20 heavy (non-hydrogen) atoms. The van der Waals surface area contributed by atoms with Crippen molar-refractivity contribution >= 4 is 23.4 Å². The van der Waals surface area contributed by atoms with Gasteiger partial charge in [-0.05, 0) is 65.1 Å². The second-order valence-corrected chi connectivity index (χ2v) is 6.16. The van der Waals surface area contributed by atoms with Crippen molar-refractivity contribution in [1.29, 1.82) is 0 Å². The molecule has 0 radical (unpaired) electrons. The zero-order chi connectivity index (χ0) is 14.1. The Morgan fingerprint density at radius 2 is 1.90 bits per heavy atom. The maximum absolute atomic E-state index is 13.3. The van der Waals surface area contributed by atoms with Crippen molar-refractivity contribution in [3.05, 3.63) is 65.0 Å². The van der Waals surface area contributed by atoms with Gasteiger partial charge in [-0.15, -0.1) is 11.8 Å². The van der Waals surface area contributed by atoms with Crippen molar-refractivity contribution in [2.24, 2.45) is 5.92 Å². The number of benzene rings is 2. The Labute approximate surface area is 123 Å². The van der Waals surface area contributed by atoms with Crippen LogP contribution in [0.3, 0.4) is 0 Å². The number of thioether (sulfide) groups is 1. The Bertz CT molecular complexity index is 656. The van der Waals surface area contributed by atoms with E-state index in [9.17, 15) is 4.39 Å². The maximum Gasteiger partial charge on any atom is 0.123 e. The summed E-state index contributed by atoms with van der Waals surface area (Å²) in [5.41, 5.74) is 4.86. The van der Waals surface area contributed by atoms with E-state index < -0.39 is 0 Å². The number of fused-ring (bicyclic) bond motifs is 1. The summed E-state index contributed by atoms with van der Waals surface area (Å²) in [6.45, 7) is 2.21. The highest BCUT2D eigenvalue weighted by Crippen LogP contribution is 2.38. The van der Waals surface area contributed by atoms with E-state index >= 15 is 0 Å². The molecule has 0 nitrogen and oxygen atoms in total. The van der Waals surface area contributed by atoms with Gasteiger partial charge in [-0.3, -0.25) is 0 Å². The maximum atomic E-state index is 13.3. The lowest BCUT2D eigenvalue weighted by molar-refractivity contribution is 0.625. The molecule has 0 N–H and O–H groups in total. The second kappa shape index (κ2) is 5.45. The predicted molar refractivity (Wildman–Crippen MR) is 85.4 cm³/mol. The largest absolute Gasteiger partial charge is 0.207 e. The van der Waals surface area contributed by atoms with Crippen molar-refractivity contribution < 1.29 is 4.39 Å². The van der Waals surface area contributed by atoms with Crippen LogP contribution >= 0.6 is 11.8 Å². The van der Waals surface area contributed by atoms with Gasteiger partial charge in [0.15, 0.2) is 0 Å². The summed E-state index contributed by atoms with van der Waals surface area (Å²) < 4.78 is 13.3. The minimum Gasteiger partial charge on any atom is -0.207 e. The first-order chi connectivity index (χ1) is 9.67. The molecular weight excluding hydrogens is 267 g/mol. The monoisotopic (exact) mass is 284 g/mol. The summed E-state index contributed by atoms with van der Waals surface area (Å²) in [5, 5.41) is 0. The van der Waals surface area contributed by atoms with E-state index in [-0.39, 0.29) is 5.82 Å². The first kappa shape index (κ1) is 13.4. The average molecular weight is 284 g/mol. The van der Waals surface area contributed by atoms with Gasteiger partial charge in [0.05, 0.1) is 0 Å². The Balaban J connectivity index is 1.99. The SMILES string of the molecule is CSc1ccc(C=C2c3ccc(F)cc3CC2C)cc1. The number of hydrogen-bond acceptors (Lipinski definition) is 1. The van der Waals surface area contributed by atoms with Crippen LogP contribution in [0.5, 0.6) is 0 Å². The van der Waals surface area contributed by atoms with Crippen LogP contribution in [0, 0.1) is 11.7 Å². The van der Waals surface area contributed by atoms with E-state index in [4.69, 9.17) is 0 Å². The van der Waals surface area contributed by atoms with Gasteiger partial charge in [-0.1, -0.05) is 31.2 Å². The molecule has 1 aliphatic carbocycles. The van der Waals surface area contributed by atoms with Crippen LogP contribution in [-0.2, 0) is 6.42 Å². The minimum atomic E-state index is -0.137. The summed E-state index contributed by atoms with van der Waals surface area (Å²) in [5.74, 6) is 0.313. The van der Waals surface area contributed by atoms with Crippen molar-refractivity contribution in [3.8, 4) is 0 Å². The molecule has 2 aromatic rings. The van der Waals surface area contributed by atoms with E-state index in [1.165, 1.54) is 21.6 Å². The third kappa shape index (κ3) is 2.53. The molecule has 0 fully saturated rings. The Morgan fingerprint density at radius 3 is 2.60 bits per heavy atom. The van der Waals surface area contributed by atoms with Crippen LogP contribution in [-0.4, -0.2) is 6.26 Å². The molecule has 0 saturated carbocycles. The zero-order valence-electron chi connectivity index (χ0n) is 11.7. The molecule has 0 heterocycles. The number of rotatable bonds is 2. The van der Waals surface area contributed by atoms with Gasteiger partial charge in [0.1, 0.15) is 5.82 Å². The normalized spacial score (nSPS) is 19.4. The van der Waals surface area contributed by atoms with Crippen molar-refractivity contribution in [3.63, 3.8) is 0 Å². The van der Waals surface area contributed by atoms with Crippen LogP contribution in [0.2, 0.25) is 0 Å². The van der Waals surface area contributed by atoms with Crippen LogP contribution in [0.4, 0.5) is 4.39 Å². The van der Waals surface area contributed by atoms with Gasteiger partial charge in [0, 0.05) is 4.90 Å². The predicted octanol–water partition coefficient (Wildman–Crippen LogP) is 5.28. The summed E-state index contributed by atoms with van der Waals surface area (Å²) in [6, 6.07) is 13.7. The van der Waals surface area contributed by atoms with Gasteiger partial charge in [0.25, 0.3) is 0 Å². The highest BCUT2D eigenvalue weighted by atomic mass is 32.2. The van der Waals surface area contributed by atoms with Crippen LogP contribution in [0.1, 0.15) is 23.6 Å². The van der Waals surface area contributed by atoms with Crippen molar-refractivity contribution in [1.82, 2.24) is 0 Å². The fourth-order valence-corrected chi connectivity index (χ4v) is 3.23. The molecule has 2 aromatic carbocycles. The van der Waals surface area contributed by atoms with Gasteiger partial charge in [-0.2, -0.15) is 0 Å². The van der Waals surface area contributed by atoms with Crippen LogP contribution < -0.4 is 0 Å². The van der Waals surface area contributed by atoms with Crippen molar-refractivity contribution in [2.75, 3.05) is 6.26 Å². The minimum absolute atomic E-state index is 0.137. The first-order valence-electron chi connectivity index (χ1n) is 6.82. The molecule has 1 unspecified atom stereocenters. The third-order valence-corrected chi connectivity index (χ3v) is 4.62. The van der Waals surface area contributed by atoms with Crippen molar-refractivity contribution in [2.45, 2.75) is 18.2 Å². The molecule has 102 valence electrons. The molecule has 0 amide bonds. The van der Waals surface area contributed by atoms with E-state index in [0.717, 1.165) is 12.0 Å². The molecule has 1 aliphatic rings. The third-order valence-electron chi connectivity index (χ3n) is 3.87. The molecule has 0 saturated heterocycles. The lowest BCUT2D eigenvalue weighted by Crippen LogP contribution is -1.90. The number of hydrogen-bond donors (Lipinski definition) is 0. The first-order valence-corrected chi connectivity index (χ1v) is 8.04. The van der Waals surface area contributed by atoms with Gasteiger partial charge in [0.2, 0.25) is 0 Å². The average Bonchev–Trinajstić information content (AvgIpc) is 2.75. The van der Waals surface area contributed by atoms with E-state index in [1.54, 1.807) is 23.9 Å². The van der Waals surface area contributed by atoms with Gasteiger partial charge < -0.3 is 0 Å². The zero-order valence-corrected chi connectivity index (χ0v) is 12.5. The molecule has 0 aromatic heterocycles. The van der Waals surface area contributed by atoms with Crippen LogP contribution in [0.15, 0.2) is 47.4 Å². The summed E-state index contributed by atoms with van der Waals surface area (Å²) >= 11 is 1.75. The lowest BCUT2D eigenvalue weighted by atomic mass is 9.99. The molecule has 0 spiro atoms. The fraction of sp³-hybridized carbons (Fsp3) is 0.222. The smallest absolute Gasteiger partial charge is 0.123 e. The Morgan fingerprint density at radius 1 is 1.15 bits per heavy atom. The quantitative estimate of drug-likeness (QED) is 0.676. The molecular formula is C18H17FS. The van der Waals surface area contributed by atoms with Crippen LogP contribution in [0.25, 0.3) is 11.6 Å². The van der Waals surface area contributed by atoms with Gasteiger partial charge >= 0.3 is 0 Å². The summed E-state index contributed by atoms with van der Waals surface area (Å²) in [4.78, 5) is 1.27. The molecule has 0 aliphatic heterocycles. The standard InChI is InChI=1S/C18H17FS/c1-12-9-14-11-15(19)5-8-17(14)18(12)10-13-3-6-16(20-2)7-4-13/h3-8,10-12H,9H2,1-2H3. The lowest BCUT2D eigenvalue weighted by Gasteiger charge is -2.06. The Hall–Kier alpha value is -1.54. The Kier molecular flexibility index (Phi) is 3.66. The second-order valence-electron chi connectivity index (χ2n) is 5.28. The topological polar surface area (TPSA) is 0 Å². The highest BCUT2D eigenvalue weighted by molar-refractivity contribution is 7.98. The highest BCUT2D eigenvalue weighted by Gasteiger charge is 2.23. The van der Waals surface area contributed by atoms with E-state index in [2.05, 4.69) is 43.5 Å². The summed E-state index contributed by atoms with van der Waals surface area (Å²) in [7, 11) is 0. The fourth-order valence-electron chi connectivity index (χ4n) is 2.82. The van der Waals surface area contributed by atoms with E-state index in [0.29, 0.717) is 5.92 Å². The molecule has 0 bridgehead atoms. The molecule has 1 atom stereocenters. The molecule has 2 heteroatoms. The van der Waals surface area contributed by atoms with E-state index in [1.807, 2.05) is 6.07 Å².